The van der Waals surface area contributed by atoms with Gasteiger partial charge in [0.15, 0.2) is 16.9 Å². The minimum Gasteiger partial charge on any atom is -0.448 e. The number of oxime groups is 1. The topological polar surface area (TPSA) is 158 Å². The number of aromatic nitrogens is 1. The van der Waals surface area contributed by atoms with Crippen LogP contribution in [0, 0.1) is 0 Å². The van der Waals surface area contributed by atoms with Gasteiger partial charge in [-0.3, -0.25) is 19.2 Å². The van der Waals surface area contributed by atoms with Crippen LogP contribution in [0.3, 0.4) is 0 Å². The van der Waals surface area contributed by atoms with Gasteiger partial charge in [-0.05, 0) is 27.8 Å². The van der Waals surface area contributed by atoms with Crippen molar-refractivity contribution in [1.29, 1.82) is 0 Å². The summed E-state index contributed by atoms with van der Waals surface area (Å²) in [5, 5.41) is 14.3. The van der Waals surface area contributed by atoms with Crippen LogP contribution in [0.15, 0.2) is 253 Å². The molecule has 2 saturated heterocycles. The zero-order valence-corrected chi connectivity index (χ0v) is 42.8. The molecule has 13 nitrogen and oxygen atoms in total. The van der Waals surface area contributed by atoms with Crippen LogP contribution in [-0.2, 0) is 49.5 Å². The molecule has 0 aliphatic carbocycles. The van der Waals surface area contributed by atoms with Crippen molar-refractivity contribution in [3.05, 3.63) is 298 Å². The van der Waals surface area contributed by atoms with E-state index >= 15 is 4.79 Å². The third-order valence-corrected chi connectivity index (χ3v) is 14.7. The molecule has 2 amide bonds. The van der Waals surface area contributed by atoms with E-state index in [2.05, 4.69) is 47.0 Å². The number of nitrogens with zero attached hydrogens (tertiary/aromatic N) is 3. The van der Waals surface area contributed by atoms with Gasteiger partial charge < -0.3 is 24.9 Å². The van der Waals surface area contributed by atoms with Crippen LogP contribution in [0.2, 0.25) is 0 Å². The van der Waals surface area contributed by atoms with Gasteiger partial charge in [-0.1, -0.05) is 248 Å². The molecule has 0 saturated carbocycles. The number of hydrogen-bond acceptors (Lipinski definition) is 12. The van der Waals surface area contributed by atoms with Gasteiger partial charge in [0.25, 0.3) is 11.8 Å². The van der Waals surface area contributed by atoms with Crippen molar-refractivity contribution in [3.8, 4) is 0 Å². The molecule has 2 fully saturated rings. The van der Waals surface area contributed by atoms with Gasteiger partial charge in [-0.15, -0.1) is 11.3 Å². The van der Waals surface area contributed by atoms with Gasteiger partial charge in [-0.25, -0.2) is 9.78 Å². The van der Waals surface area contributed by atoms with Crippen molar-refractivity contribution < 1.29 is 38.3 Å². The Kier molecular flexibility index (Phi) is 14.5. The Hall–Kier alpha value is -9.50. The molecule has 2 N–H and O–H groups in total. The Labute approximate surface area is 454 Å². The lowest BCUT2D eigenvalue weighted by molar-refractivity contribution is -0.260. The lowest BCUT2D eigenvalue weighted by atomic mass is 9.77. The van der Waals surface area contributed by atoms with E-state index in [-0.39, 0.29) is 24.2 Å². The van der Waals surface area contributed by atoms with Crippen molar-refractivity contribution in [3.63, 3.8) is 0 Å². The Morgan fingerprint density at radius 3 is 1.46 bits per heavy atom. The summed E-state index contributed by atoms with van der Waals surface area (Å²) in [5.74, 6) is -3.48. The summed E-state index contributed by atoms with van der Waals surface area (Å²) in [6.07, 6.45) is -1.41. The molecule has 2 aliphatic heterocycles. The maximum absolute atomic E-state index is 15.3. The van der Waals surface area contributed by atoms with E-state index in [1.54, 1.807) is 29.6 Å². The number of nitrogens with one attached hydrogen (secondary N) is 2. The average molecular weight is 1050 g/mol. The van der Waals surface area contributed by atoms with E-state index in [0.717, 1.165) is 21.8 Å². The molecule has 1 aromatic heterocycles. The zero-order chi connectivity index (χ0) is 53.4. The number of hydrogen-bond donors (Lipinski definition) is 2. The van der Waals surface area contributed by atoms with Crippen molar-refractivity contribution in [1.82, 2.24) is 15.4 Å². The molecule has 11 rings (SSSR count). The second-order valence-corrected chi connectivity index (χ2v) is 19.5. The lowest BCUT2D eigenvalue weighted by Gasteiger charge is -2.36. The molecule has 1 unspecified atom stereocenters. The van der Waals surface area contributed by atoms with Gasteiger partial charge in [-0.2, -0.15) is 5.06 Å². The number of cyclic esters (lactones) is 1. The number of thiazole rings is 1. The number of amides is 2. The Bertz CT molecular complexity index is 3310. The van der Waals surface area contributed by atoms with Crippen LogP contribution in [0.5, 0.6) is 0 Å². The Balaban J connectivity index is 0.979. The first kappa shape index (κ1) is 50.6. The third kappa shape index (κ3) is 9.81. The van der Waals surface area contributed by atoms with Gasteiger partial charge >= 0.3 is 17.7 Å². The number of carbonyl (C=O) groups is 4. The standard InChI is InChI=1S/C64H51N5O8S/c70-55-41-42-62(76-55,60(73)75-57(45-25-9-1-10-26-45)46-27-11-2-12-28-46)69-59(72)53(43-74-69)65-58(71)56(68-77-64(50-35-19-6-20-36-50,51-37-21-7-22-38-51)52-39-23-8-24-40-52)54-44-78-61(66-54)67-63(47-29-13-3-14-30-47,48-31-15-4-16-32-48)49-33-17-5-18-34-49/h1-40,44,53,57H,41-43H2,(H,65,71)(H,66,67)/t53-,62?/m0/s1. The minimum absolute atomic E-state index is 0.118. The number of carbonyl (C=O) groups excluding carboxylic acids is 4. The Morgan fingerprint density at radius 1 is 0.615 bits per heavy atom. The van der Waals surface area contributed by atoms with Gasteiger partial charge in [0.2, 0.25) is 5.60 Å². The van der Waals surface area contributed by atoms with Crippen LogP contribution in [-0.4, -0.2) is 57.9 Å². The molecule has 3 heterocycles. The fourth-order valence-electron chi connectivity index (χ4n) is 10.1. The fourth-order valence-corrected chi connectivity index (χ4v) is 10.9. The highest BCUT2D eigenvalue weighted by Crippen LogP contribution is 2.43. The largest absolute Gasteiger partial charge is 0.448 e. The second kappa shape index (κ2) is 22.4. The molecule has 2 aliphatic rings. The van der Waals surface area contributed by atoms with Gasteiger partial charge in [0, 0.05) is 28.5 Å². The maximum atomic E-state index is 15.3. The second-order valence-electron chi connectivity index (χ2n) is 18.6. The first-order valence-electron chi connectivity index (χ1n) is 25.4. The van der Waals surface area contributed by atoms with Crippen LogP contribution in [0.1, 0.15) is 69.1 Å². The van der Waals surface area contributed by atoms with Crippen LogP contribution < -0.4 is 10.6 Å². The van der Waals surface area contributed by atoms with Crippen LogP contribution >= 0.6 is 11.3 Å². The van der Waals surface area contributed by atoms with E-state index in [1.807, 2.05) is 182 Å². The van der Waals surface area contributed by atoms with E-state index in [4.69, 9.17) is 29.3 Å². The normalized spacial score (nSPS) is 16.6. The molecule has 14 heteroatoms. The highest BCUT2D eigenvalue weighted by atomic mass is 32.1. The summed E-state index contributed by atoms with van der Waals surface area (Å²) < 4.78 is 11.9. The molecule has 9 aromatic rings. The summed E-state index contributed by atoms with van der Waals surface area (Å²) >= 11 is 1.26. The predicted molar refractivity (Wildman–Crippen MR) is 295 cm³/mol. The molecule has 0 radical (unpaired) electrons. The summed E-state index contributed by atoms with van der Waals surface area (Å²) in [6.45, 7) is -0.439. The first-order valence-corrected chi connectivity index (χ1v) is 26.3. The summed E-state index contributed by atoms with van der Waals surface area (Å²) in [4.78, 5) is 75.7. The molecular formula is C64H51N5O8S. The van der Waals surface area contributed by atoms with Crippen molar-refractivity contribution in [2.24, 2.45) is 5.16 Å². The highest BCUT2D eigenvalue weighted by molar-refractivity contribution is 7.14. The SMILES string of the molecule is O=C1CCC(C(=O)OC(c2ccccc2)c2ccccc2)(N2OC[C@H](NC(=O)C(=NOC(c3ccccc3)(c3ccccc3)c3ccccc3)c3csc(NC(c4ccccc4)(c4ccccc4)c4ccccc4)n3)C2=O)O1. The highest BCUT2D eigenvalue weighted by Gasteiger charge is 2.60. The van der Waals surface area contributed by atoms with E-state index in [0.29, 0.717) is 32.9 Å². The number of benzene rings is 8. The quantitative estimate of drug-likeness (QED) is 0.0367. The smallest absolute Gasteiger partial charge is 0.376 e. The third-order valence-electron chi connectivity index (χ3n) is 13.9. The number of ether oxygens (including phenoxy) is 2. The summed E-state index contributed by atoms with van der Waals surface area (Å²) in [7, 11) is 0. The van der Waals surface area contributed by atoms with Gasteiger partial charge in [0.1, 0.15) is 23.9 Å². The predicted octanol–water partition coefficient (Wildman–Crippen LogP) is 10.9. The number of rotatable bonds is 18. The molecule has 8 aromatic carbocycles. The van der Waals surface area contributed by atoms with Crippen molar-refractivity contribution in [2.75, 3.05) is 11.9 Å². The number of anilines is 1. The average Bonchev–Trinajstić information content (AvgIpc) is 4.39. The van der Waals surface area contributed by atoms with E-state index in [1.165, 1.54) is 11.3 Å². The molecular weight excluding hydrogens is 999 g/mol. The molecule has 78 heavy (non-hydrogen) atoms. The molecule has 386 valence electrons. The van der Waals surface area contributed by atoms with E-state index < -0.39 is 59.4 Å². The molecule has 0 spiro atoms. The van der Waals surface area contributed by atoms with Gasteiger partial charge in [0.05, 0.1) is 6.42 Å². The van der Waals surface area contributed by atoms with E-state index in [9.17, 15) is 14.4 Å². The van der Waals surface area contributed by atoms with Crippen LogP contribution in [0.4, 0.5) is 5.13 Å². The monoisotopic (exact) mass is 1050 g/mol. The number of hydroxylamine groups is 2. The summed E-state index contributed by atoms with van der Waals surface area (Å²) in [6, 6.07) is 75.6. The summed E-state index contributed by atoms with van der Waals surface area (Å²) in [5.41, 5.74) is 1.36. The molecule has 2 atom stereocenters. The van der Waals surface area contributed by atoms with Crippen LogP contribution in [0.25, 0.3) is 0 Å². The lowest BCUT2D eigenvalue weighted by Crippen LogP contribution is -2.57. The zero-order valence-electron chi connectivity index (χ0n) is 42.0. The molecule has 0 bridgehead atoms. The maximum Gasteiger partial charge on any atom is 0.376 e. The number of esters is 2. The van der Waals surface area contributed by atoms with Crippen molar-refractivity contribution >= 4 is 45.9 Å². The fraction of sp³-hybridized carbons (Fsp3) is 0.125. The minimum atomic E-state index is -2.31. The Morgan fingerprint density at radius 2 is 1.04 bits per heavy atom. The van der Waals surface area contributed by atoms with Crippen molar-refractivity contribution in [2.45, 2.75) is 41.9 Å². The first-order chi connectivity index (χ1) is 38.3.